The van der Waals surface area contributed by atoms with Crippen LogP contribution in [0.15, 0.2) is 10.9 Å². The first kappa shape index (κ1) is 14.2. The van der Waals surface area contributed by atoms with Crippen molar-refractivity contribution in [3.8, 4) is 0 Å². The quantitative estimate of drug-likeness (QED) is 0.674. The molecule has 0 saturated heterocycles. The Morgan fingerprint density at radius 3 is 2.83 bits per heavy atom. The van der Waals surface area contributed by atoms with Gasteiger partial charge in [0.1, 0.15) is 0 Å². The maximum atomic E-state index is 11.5. The lowest BCUT2D eigenvalue weighted by atomic mass is 10.2. The standard InChI is InChI=1S/C12H20N4O2/c1-3-4-5-6-7-13-12(18)16-11-14-9(2)8-10(17)15-11/h8H,3-7H2,1-2H3,(H3,13,14,15,16,17,18). The zero-order chi connectivity index (χ0) is 13.4. The molecule has 6 heteroatoms. The molecule has 0 aliphatic carbocycles. The van der Waals surface area contributed by atoms with E-state index in [-0.39, 0.29) is 17.5 Å². The predicted molar refractivity (Wildman–Crippen MR) is 70.8 cm³/mol. The van der Waals surface area contributed by atoms with Gasteiger partial charge in [0, 0.05) is 18.3 Å². The lowest BCUT2D eigenvalue weighted by molar-refractivity contribution is 0.251. The van der Waals surface area contributed by atoms with Gasteiger partial charge in [-0.25, -0.2) is 4.79 Å². The van der Waals surface area contributed by atoms with E-state index in [9.17, 15) is 9.59 Å². The summed E-state index contributed by atoms with van der Waals surface area (Å²) in [6.07, 6.45) is 4.41. The molecule has 1 rings (SSSR count). The second-order valence-electron chi connectivity index (χ2n) is 4.19. The molecule has 0 radical (unpaired) electrons. The third-order valence-corrected chi connectivity index (χ3v) is 2.43. The van der Waals surface area contributed by atoms with Crippen LogP contribution in [-0.4, -0.2) is 22.5 Å². The zero-order valence-corrected chi connectivity index (χ0v) is 10.9. The topological polar surface area (TPSA) is 86.9 Å². The monoisotopic (exact) mass is 252 g/mol. The average molecular weight is 252 g/mol. The van der Waals surface area contributed by atoms with E-state index in [4.69, 9.17) is 0 Å². The van der Waals surface area contributed by atoms with E-state index >= 15 is 0 Å². The van der Waals surface area contributed by atoms with E-state index in [2.05, 4.69) is 27.5 Å². The summed E-state index contributed by atoms with van der Waals surface area (Å²) in [6, 6.07) is 1.02. The minimum absolute atomic E-state index is 0.172. The van der Waals surface area contributed by atoms with Crippen LogP contribution >= 0.6 is 0 Å². The molecular weight excluding hydrogens is 232 g/mol. The number of carbonyl (C=O) groups excluding carboxylic acids is 1. The molecule has 0 unspecified atom stereocenters. The number of aromatic amines is 1. The number of nitrogens with one attached hydrogen (secondary N) is 3. The maximum absolute atomic E-state index is 11.5. The van der Waals surface area contributed by atoms with Crippen molar-refractivity contribution < 1.29 is 4.79 Å². The first-order valence-corrected chi connectivity index (χ1v) is 6.24. The van der Waals surface area contributed by atoms with Crippen molar-refractivity contribution in [2.45, 2.75) is 39.5 Å². The van der Waals surface area contributed by atoms with Crippen LogP contribution in [0.4, 0.5) is 10.7 Å². The number of rotatable bonds is 6. The minimum Gasteiger partial charge on any atom is -0.338 e. The number of aryl methyl sites for hydroxylation is 1. The highest BCUT2D eigenvalue weighted by atomic mass is 16.2. The Kier molecular flexibility index (Phi) is 5.90. The molecule has 18 heavy (non-hydrogen) atoms. The lowest BCUT2D eigenvalue weighted by Crippen LogP contribution is -2.31. The van der Waals surface area contributed by atoms with Crippen LogP contribution in [0.2, 0.25) is 0 Å². The number of unbranched alkanes of at least 4 members (excludes halogenated alkanes) is 3. The summed E-state index contributed by atoms with van der Waals surface area (Å²) in [6.45, 7) is 4.50. The Morgan fingerprint density at radius 1 is 1.39 bits per heavy atom. The van der Waals surface area contributed by atoms with E-state index in [0.29, 0.717) is 12.2 Å². The summed E-state index contributed by atoms with van der Waals surface area (Å²) in [5.41, 5.74) is 0.290. The number of hydrogen-bond acceptors (Lipinski definition) is 3. The van der Waals surface area contributed by atoms with Gasteiger partial charge in [-0.2, -0.15) is 4.98 Å². The number of urea groups is 1. The Balaban J connectivity index is 2.33. The molecule has 0 aliphatic rings. The van der Waals surface area contributed by atoms with Crippen LogP contribution in [0.25, 0.3) is 0 Å². The molecule has 6 nitrogen and oxygen atoms in total. The van der Waals surface area contributed by atoms with Gasteiger partial charge in [-0.3, -0.25) is 10.1 Å². The van der Waals surface area contributed by atoms with Crippen LogP contribution in [0.5, 0.6) is 0 Å². The molecule has 0 spiro atoms. The molecule has 0 bridgehead atoms. The van der Waals surface area contributed by atoms with Crippen molar-refractivity contribution in [2.75, 3.05) is 11.9 Å². The van der Waals surface area contributed by atoms with Crippen LogP contribution in [0, 0.1) is 6.92 Å². The van der Waals surface area contributed by atoms with Crippen molar-refractivity contribution in [2.24, 2.45) is 0 Å². The van der Waals surface area contributed by atoms with Crippen molar-refractivity contribution >= 4 is 12.0 Å². The minimum atomic E-state index is -0.371. The first-order valence-electron chi connectivity index (χ1n) is 6.24. The lowest BCUT2D eigenvalue weighted by Gasteiger charge is -2.06. The Morgan fingerprint density at radius 2 is 2.17 bits per heavy atom. The van der Waals surface area contributed by atoms with Gasteiger partial charge in [-0.1, -0.05) is 26.2 Å². The van der Waals surface area contributed by atoms with Crippen molar-refractivity contribution in [3.63, 3.8) is 0 Å². The molecular formula is C12H20N4O2. The summed E-state index contributed by atoms with van der Waals surface area (Å²) in [5.74, 6) is 0.172. The van der Waals surface area contributed by atoms with E-state index in [1.54, 1.807) is 6.92 Å². The molecule has 1 aromatic heterocycles. The highest BCUT2D eigenvalue weighted by molar-refractivity contribution is 5.87. The molecule has 2 amide bonds. The number of hydrogen-bond donors (Lipinski definition) is 3. The van der Waals surface area contributed by atoms with Crippen molar-refractivity contribution in [1.82, 2.24) is 15.3 Å². The largest absolute Gasteiger partial charge is 0.338 e. The number of aromatic nitrogens is 2. The number of anilines is 1. The van der Waals surface area contributed by atoms with E-state index in [1.807, 2.05) is 0 Å². The zero-order valence-electron chi connectivity index (χ0n) is 10.9. The molecule has 3 N–H and O–H groups in total. The van der Waals surface area contributed by atoms with Gasteiger partial charge in [0.2, 0.25) is 5.95 Å². The van der Waals surface area contributed by atoms with Crippen LogP contribution in [0.1, 0.15) is 38.3 Å². The van der Waals surface area contributed by atoms with Crippen LogP contribution in [0.3, 0.4) is 0 Å². The van der Waals surface area contributed by atoms with Gasteiger partial charge in [0.15, 0.2) is 0 Å². The van der Waals surface area contributed by atoms with Gasteiger partial charge in [0.05, 0.1) is 0 Å². The third kappa shape index (κ3) is 5.47. The number of nitrogens with zero attached hydrogens (tertiary/aromatic N) is 1. The normalized spacial score (nSPS) is 10.1. The van der Waals surface area contributed by atoms with Gasteiger partial charge >= 0.3 is 6.03 Å². The Bertz CT molecular complexity index is 442. The van der Waals surface area contributed by atoms with Crippen LogP contribution in [-0.2, 0) is 0 Å². The molecule has 0 fully saturated rings. The average Bonchev–Trinajstić information content (AvgIpc) is 2.27. The van der Waals surface area contributed by atoms with E-state index in [1.165, 1.54) is 18.9 Å². The summed E-state index contributed by atoms with van der Waals surface area (Å²) in [7, 11) is 0. The van der Waals surface area contributed by atoms with Gasteiger partial charge in [-0.05, 0) is 13.3 Å². The van der Waals surface area contributed by atoms with E-state index < -0.39 is 0 Å². The second-order valence-corrected chi connectivity index (χ2v) is 4.19. The molecule has 0 aromatic carbocycles. The highest BCUT2D eigenvalue weighted by Gasteiger charge is 2.03. The highest BCUT2D eigenvalue weighted by Crippen LogP contribution is 1.98. The van der Waals surface area contributed by atoms with Crippen molar-refractivity contribution in [1.29, 1.82) is 0 Å². The Labute approximate surface area is 106 Å². The number of carbonyl (C=O) groups is 1. The fourth-order valence-electron chi connectivity index (χ4n) is 1.54. The third-order valence-electron chi connectivity index (χ3n) is 2.43. The summed E-state index contributed by atoms with van der Waals surface area (Å²) in [4.78, 5) is 29.1. The molecule has 0 saturated carbocycles. The van der Waals surface area contributed by atoms with Gasteiger partial charge in [0.25, 0.3) is 5.56 Å². The first-order chi connectivity index (χ1) is 8.61. The van der Waals surface area contributed by atoms with Crippen molar-refractivity contribution in [3.05, 3.63) is 22.1 Å². The number of amides is 2. The number of H-pyrrole nitrogens is 1. The summed E-state index contributed by atoms with van der Waals surface area (Å²) >= 11 is 0. The summed E-state index contributed by atoms with van der Waals surface area (Å²) < 4.78 is 0. The molecule has 0 aliphatic heterocycles. The van der Waals surface area contributed by atoms with Gasteiger partial charge in [-0.15, -0.1) is 0 Å². The molecule has 1 aromatic rings. The van der Waals surface area contributed by atoms with Gasteiger partial charge < -0.3 is 10.3 Å². The Hall–Kier alpha value is -1.85. The fourth-order valence-corrected chi connectivity index (χ4v) is 1.54. The second kappa shape index (κ2) is 7.47. The maximum Gasteiger partial charge on any atom is 0.321 e. The molecule has 0 atom stereocenters. The fraction of sp³-hybridized carbons (Fsp3) is 0.583. The molecule has 1 heterocycles. The van der Waals surface area contributed by atoms with Crippen LogP contribution < -0.4 is 16.2 Å². The predicted octanol–water partition coefficient (Wildman–Crippen LogP) is 1.78. The van der Waals surface area contributed by atoms with E-state index in [0.717, 1.165) is 12.8 Å². The smallest absolute Gasteiger partial charge is 0.321 e. The summed E-state index contributed by atoms with van der Waals surface area (Å²) in [5, 5.41) is 5.21. The SMILES string of the molecule is CCCCCCNC(=O)Nc1nc(=O)cc(C)[nH]1. The molecule has 100 valence electrons.